The van der Waals surface area contributed by atoms with Gasteiger partial charge < -0.3 is 10.4 Å². The van der Waals surface area contributed by atoms with Gasteiger partial charge in [-0.25, -0.2) is 4.68 Å². The van der Waals surface area contributed by atoms with Gasteiger partial charge in [0.15, 0.2) is 0 Å². The third kappa shape index (κ3) is 3.33. The fraction of sp³-hybridized carbons (Fsp3) is 0.615. The Labute approximate surface area is 102 Å². The summed E-state index contributed by atoms with van der Waals surface area (Å²) in [6, 6.07) is 2.04. The molecule has 0 spiro atoms. The summed E-state index contributed by atoms with van der Waals surface area (Å²) in [5, 5.41) is 16.8. The highest BCUT2D eigenvalue weighted by Crippen LogP contribution is 2.19. The number of hydrogen-bond acceptors (Lipinski definition) is 3. The molecule has 1 aromatic rings. The summed E-state index contributed by atoms with van der Waals surface area (Å²) in [4.78, 5) is 0. The summed E-state index contributed by atoms with van der Waals surface area (Å²) in [6.07, 6.45) is 8.15. The van der Waals surface area contributed by atoms with Crippen LogP contribution in [0.2, 0.25) is 0 Å². The first-order valence-electron chi connectivity index (χ1n) is 6.34. The van der Waals surface area contributed by atoms with E-state index in [2.05, 4.69) is 22.6 Å². The van der Waals surface area contributed by atoms with E-state index in [1.165, 1.54) is 19.3 Å². The molecule has 1 unspecified atom stereocenters. The summed E-state index contributed by atoms with van der Waals surface area (Å²) in [6.45, 7) is 3.64. The number of aliphatic hydroxyl groups excluding tert-OH is 1. The van der Waals surface area contributed by atoms with Crippen LogP contribution in [0.4, 0.5) is 5.82 Å². The van der Waals surface area contributed by atoms with Crippen molar-refractivity contribution < 1.29 is 5.11 Å². The maximum atomic E-state index is 8.97. The molecule has 1 aliphatic carbocycles. The van der Waals surface area contributed by atoms with Crippen LogP contribution in [-0.4, -0.2) is 28.0 Å². The molecule has 1 heterocycles. The lowest BCUT2D eigenvalue weighted by Crippen LogP contribution is -2.18. The Balaban J connectivity index is 1.91. The van der Waals surface area contributed by atoms with Crippen molar-refractivity contribution in [2.75, 3.05) is 18.5 Å². The molecule has 4 heteroatoms. The second kappa shape index (κ2) is 5.87. The number of nitrogens with one attached hydrogen (secondary N) is 1. The standard InChI is InChI=1S/C13H21N3O/c1-11-9-13(16(15-11)7-8-17)14-10-12-5-3-2-4-6-12/h2-3,9,12,14,17H,4-8,10H2,1H3. The van der Waals surface area contributed by atoms with Gasteiger partial charge in [0.2, 0.25) is 0 Å². The van der Waals surface area contributed by atoms with Crippen molar-refractivity contribution in [1.29, 1.82) is 0 Å². The molecule has 4 nitrogen and oxygen atoms in total. The van der Waals surface area contributed by atoms with Crippen molar-refractivity contribution in [2.45, 2.75) is 32.7 Å². The molecule has 17 heavy (non-hydrogen) atoms. The molecule has 1 atom stereocenters. The van der Waals surface area contributed by atoms with Gasteiger partial charge in [0.1, 0.15) is 5.82 Å². The topological polar surface area (TPSA) is 50.1 Å². The number of hydrogen-bond donors (Lipinski definition) is 2. The van der Waals surface area contributed by atoms with Crippen molar-refractivity contribution in [1.82, 2.24) is 9.78 Å². The van der Waals surface area contributed by atoms with Gasteiger partial charge in [0.05, 0.1) is 18.8 Å². The fourth-order valence-corrected chi connectivity index (χ4v) is 2.24. The van der Waals surface area contributed by atoms with E-state index in [-0.39, 0.29) is 6.61 Å². The van der Waals surface area contributed by atoms with E-state index >= 15 is 0 Å². The van der Waals surface area contributed by atoms with Gasteiger partial charge in [-0.2, -0.15) is 5.10 Å². The molecule has 0 amide bonds. The van der Waals surface area contributed by atoms with E-state index in [0.717, 1.165) is 24.0 Å². The number of aromatic nitrogens is 2. The van der Waals surface area contributed by atoms with Crippen LogP contribution in [0.1, 0.15) is 25.0 Å². The Hall–Kier alpha value is -1.29. The first-order valence-corrected chi connectivity index (χ1v) is 6.34. The van der Waals surface area contributed by atoms with Crippen LogP contribution in [0.5, 0.6) is 0 Å². The van der Waals surface area contributed by atoms with E-state index in [1.807, 2.05) is 17.7 Å². The van der Waals surface area contributed by atoms with E-state index in [1.54, 1.807) is 0 Å². The quantitative estimate of drug-likeness (QED) is 0.767. The molecule has 2 N–H and O–H groups in total. The maximum absolute atomic E-state index is 8.97. The van der Waals surface area contributed by atoms with Crippen molar-refractivity contribution >= 4 is 5.82 Å². The summed E-state index contributed by atoms with van der Waals surface area (Å²) in [7, 11) is 0. The fourth-order valence-electron chi connectivity index (χ4n) is 2.24. The Morgan fingerprint density at radius 3 is 3.12 bits per heavy atom. The number of anilines is 1. The van der Waals surface area contributed by atoms with Crippen LogP contribution in [-0.2, 0) is 6.54 Å². The van der Waals surface area contributed by atoms with Crippen molar-refractivity contribution in [3.8, 4) is 0 Å². The molecule has 0 saturated carbocycles. The van der Waals surface area contributed by atoms with E-state index in [9.17, 15) is 0 Å². The number of nitrogens with zero attached hydrogens (tertiary/aromatic N) is 2. The third-order valence-corrected chi connectivity index (χ3v) is 3.16. The lowest BCUT2D eigenvalue weighted by Gasteiger charge is -2.19. The second-order valence-electron chi connectivity index (χ2n) is 4.65. The molecule has 0 aromatic carbocycles. The maximum Gasteiger partial charge on any atom is 0.124 e. The Kier molecular flexibility index (Phi) is 4.20. The highest BCUT2D eigenvalue weighted by Gasteiger charge is 2.11. The van der Waals surface area contributed by atoms with Crippen LogP contribution in [0, 0.1) is 12.8 Å². The van der Waals surface area contributed by atoms with Gasteiger partial charge in [-0.3, -0.25) is 0 Å². The minimum Gasteiger partial charge on any atom is -0.394 e. The van der Waals surface area contributed by atoms with Gasteiger partial charge in [-0.05, 0) is 32.1 Å². The lowest BCUT2D eigenvalue weighted by atomic mass is 9.94. The molecule has 94 valence electrons. The van der Waals surface area contributed by atoms with Crippen LogP contribution in [0.15, 0.2) is 18.2 Å². The third-order valence-electron chi connectivity index (χ3n) is 3.16. The Morgan fingerprint density at radius 2 is 2.41 bits per heavy atom. The molecular weight excluding hydrogens is 214 g/mol. The van der Waals surface area contributed by atoms with E-state index < -0.39 is 0 Å². The summed E-state index contributed by atoms with van der Waals surface area (Å²) < 4.78 is 1.84. The zero-order valence-corrected chi connectivity index (χ0v) is 10.4. The van der Waals surface area contributed by atoms with E-state index in [0.29, 0.717) is 6.54 Å². The number of rotatable bonds is 5. The summed E-state index contributed by atoms with van der Waals surface area (Å²) >= 11 is 0. The molecule has 0 bridgehead atoms. The van der Waals surface area contributed by atoms with Gasteiger partial charge >= 0.3 is 0 Å². The zero-order valence-electron chi connectivity index (χ0n) is 10.4. The van der Waals surface area contributed by atoms with Crippen molar-refractivity contribution in [3.63, 3.8) is 0 Å². The average molecular weight is 235 g/mol. The summed E-state index contributed by atoms with van der Waals surface area (Å²) in [5.41, 5.74) is 0.990. The predicted molar refractivity (Wildman–Crippen MR) is 69.0 cm³/mol. The molecule has 2 rings (SSSR count). The first-order chi connectivity index (χ1) is 8.29. The minimum atomic E-state index is 0.127. The predicted octanol–water partition coefficient (Wildman–Crippen LogP) is 1.95. The highest BCUT2D eigenvalue weighted by atomic mass is 16.3. The van der Waals surface area contributed by atoms with Gasteiger partial charge in [-0.1, -0.05) is 12.2 Å². The smallest absolute Gasteiger partial charge is 0.124 e. The van der Waals surface area contributed by atoms with Crippen molar-refractivity contribution in [3.05, 3.63) is 23.9 Å². The highest BCUT2D eigenvalue weighted by molar-refractivity contribution is 5.36. The monoisotopic (exact) mass is 235 g/mol. The van der Waals surface area contributed by atoms with Crippen LogP contribution >= 0.6 is 0 Å². The number of aliphatic hydroxyl groups is 1. The van der Waals surface area contributed by atoms with E-state index in [4.69, 9.17) is 5.11 Å². The molecule has 0 saturated heterocycles. The van der Waals surface area contributed by atoms with Crippen LogP contribution in [0.3, 0.4) is 0 Å². The normalized spacial score (nSPS) is 19.5. The number of allylic oxidation sites excluding steroid dienone is 2. The lowest BCUT2D eigenvalue weighted by molar-refractivity contribution is 0.270. The Bertz CT molecular complexity index is 384. The zero-order chi connectivity index (χ0) is 12.1. The molecule has 1 aliphatic rings. The van der Waals surface area contributed by atoms with Crippen LogP contribution < -0.4 is 5.32 Å². The molecule has 1 aromatic heterocycles. The van der Waals surface area contributed by atoms with Crippen LogP contribution in [0.25, 0.3) is 0 Å². The first kappa shape index (κ1) is 12.2. The average Bonchev–Trinajstić information content (AvgIpc) is 2.69. The van der Waals surface area contributed by atoms with Gasteiger partial charge in [0.25, 0.3) is 0 Å². The summed E-state index contributed by atoms with van der Waals surface area (Å²) in [5.74, 6) is 1.74. The Morgan fingerprint density at radius 1 is 1.53 bits per heavy atom. The second-order valence-corrected chi connectivity index (χ2v) is 4.65. The number of aryl methyl sites for hydroxylation is 1. The largest absolute Gasteiger partial charge is 0.394 e. The molecule has 0 fully saturated rings. The minimum absolute atomic E-state index is 0.127. The molecular formula is C13H21N3O. The molecule has 0 radical (unpaired) electrons. The SMILES string of the molecule is Cc1cc(NCC2CC=CCC2)n(CCO)n1. The van der Waals surface area contributed by atoms with Crippen molar-refractivity contribution in [2.24, 2.45) is 5.92 Å². The van der Waals surface area contributed by atoms with Gasteiger partial charge in [-0.15, -0.1) is 0 Å². The molecule has 0 aliphatic heterocycles. The van der Waals surface area contributed by atoms with Gasteiger partial charge in [0, 0.05) is 12.6 Å².